The molecular weight excluding hydrogens is 436 g/mol. The van der Waals surface area contributed by atoms with Crippen LogP contribution in [-0.4, -0.2) is 39.0 Å². The molecule has 0 amide bonds. The molecule has 0 saturated heterocycles. The molecule has 0 radical (unpaired) electrons. The number of aliphatic hydroxyl groups is 1. The highest BCUT2D eigenvalue weighted by atomic mass is 19.1. The molecule has 5 nitrogen and oxygen atoms in total. The molecule has 0 aliphatic carbocycles. The third-order valence-electron chi connectivity index (χ3n) is 5.41. The molecule has 2 aromatic carbocycles. The van der Waals surface area contributed by atoms with Crippen LogP contribution in [0.2, 0.25) is 0 Å². The highest BCUT2D eigenvalue weighted by Crippen LogP contribution is 2.35. The number of rotatable bonds is 12. The minimum Gasteiger partial charge on any atom is -0.436 e. The number of allylic oxidation sites excluding steroid dienone is 1. The number of benzene rings is 2. The Hall–Kier alpha value is -3.03. The number of aliphatic hydroxyl groups excluding tert-OH is 1. The van der Waals surface area contributed by atoms with Gasteiger partial charge in [0, 0.05) is 38.3 Å². The number of hydrogen-bond acceptors (Lipinski definition) is 4. The van der Waals surface area contributed by atoms with Gasteiger partial charge in [0.1, 0.15) is 11.5 Å². The SMILES string of the molecule is C=CCCC(O)CN(Cc1c(-c2ccccc2)nn(C)c1Oc1ccc(F)cc1F)CC(C)C. The summed E-state index contributed by atoms with van der Waals surface area (Å²) in [5.41, 5.74) is 2.39. The van der Waals surface area contributed by atoms with E-state index in [1.165, 1.54) is 6.07 Å². The van der Waals surface area contributed by atoms with Crippen LogP contribution in [0.5, 0.6) is 11.6 Å². The zero-order valence-electron chi connectivity index (χ0n) is 20.0. The van der Waals surface area contributed by atoms with Crippen molar-refractivity contribution in [1.82, 2.24) is 14.7 Å². The zero-order chi connectivity index (χ0) is 24.7. The average molecular weight is 470 g/mol. The maximum absolute atomic E-state index is 14.4. The van der Waals surface area contributed by atoms with E-state index in [4.69, 9.17) is 4.74 Å². The van der Waals surface area contributed by atoms with Gasteiger partial charge in [-0.15, -0.1) is 6.58 Å². The Labute approximate surface area is 200 Å². The fourth-order valence-corrected chi connectivity index (χ4v) is 3.96. The second-order valence-electron chi connectivity index (χ2n) is 8.91. The van der Waals surface area contributed by atoms with Gasteiger partial charge in [-0.1, -0.05) is 50.3 Å². The van der Waals surface area contributed by atoms with E-state index in [9.17, 15) is 13.9 Å². The third kappa shape index (κ3) is 6.74. The topological polar surface area (TPSA) is 50.5 Å². The van der Waals surface area contributed by atoms with Gasteiger partial charge in [-0.2, -0.15) is 5.10 Å². The van der Waals surface area contributed by atoms with Gasteiger partial charge in [0.2, 0.25) is 5.88 Å². The van der Waals surface area contributed by atoms with Crippen molar-refractivity contribution in [2.24, 2.45) is 13.0 Å². The highest BCUT2D eigenvalue weighted by Gasteiger charge is 2.24. The molecule has 1 unspecified atom stereocenters. The van der Waals surface area contributed by atoms with E-state index >= 15 is 0 Å². The molecule has 1 heterocycles. The summed E-state index contributed by atoms with van der Waals surface area (Å²) in [6.45, 7) is 9.64. The van der Waals surface area contributed by atoms with Crippen LogP contribution in [0.25, 0.3) is 11.3 Å². The smallest absolute Gasteiger partial charge is 0.222 e. The zero-order valence-corrected chi connectivity index (χ0v) is 20.0. The van der Waals surface area contributed by atoms with Crippen LogP contribution >= 0.6 is 0 Å². The normalized spacial score (nSPS) is 12.4. The molecule has 0 spiro atoms. The molecule has 0 aliphatic rings. The number of ether oxygens (including phenoxy) is 1. The quantitative estimate of drug-likeness (QED) is 0.334. The first-order valence-corrected chi connectivity index (χ1v) is 11.5. The number of nitrogens with zero attached hydrogens (tertiary/aromatic N) is 3. The fraction of sp³-hybridized carbons (Fsp3) is 0.370. The van der Waals surface area contributed by atoms with Crippen LogP contribution < -0.4 is 4.74 Å². The Morgan fingerprint density at radius 2 is 1.88 bits per heavy atom. The van der Waals surface area contributed by atoms with Gasteiger partial charge in [0.05, 0.1) is 11.7 Å². The van der Waals surface area contributed by atoms with E-state index in [0.29, 0.717) is 31.3 Å². The highest BCUT2D eigenvalue weighted by molar-refractivity contribution is 5.65. The Morgan fingerprint density at radius 3 is 2.53 bits per heavy atom. The monoisotopic (exact) mass is 469 g/mol. The van der Waals surface area contributed by atoms with E-state index in [0.717, 1.165) is 41.9 Å². The fourth-order valence-electron chi connectivity index (χ4n) is 3.96. The van der Waals surface area contributed by atoms with Gasteiger partial charge < -0.3 is 9.84 Å². The minimum absolute atomic E-state index is 0.0771. The Bertz CT molecular complexity index is 1080. The number of hydrogen-bond donors (Lipinski definition) is 1. The van der Waals surface area contributed by atoms with Crippen LogP contribution in [0.1, 0.15) is 32.3 Å². The van der Waals surface area contributed by atoms with Gasteiger partial charge in [-0.25, -0.2) is 13.5 Å². The molecule has 3 aromatic rings. The van der Waals surface area contributed by atoms with Gasteiger partial charge in [0.25, 0.3) is 0 Å². The van der Waals surface area contributed by atoms with Gasteiger partial charge in [-0.05, 0) is 30.9 Å². The summed E-state index contributed by atoms with van der Waals surface area (Å²) in [4.78, 5) is 2.16. The number of halogens is 2. The molecule has 182 valence electrons. The summed E-state index contributed by atoms with van der Waals surface area (Å²) in [6, 6.07) is 12.9. The summed E-state index contributed by atoms with van der Waals surface area (Å²) < 4.78 is 35.4. The predicted molar refractivity (Wildman–Crippen MR) is 131 cm³/mol. The number of aromatic nitrogens is 2. The Morgan fingerprint density at radius 1 is 1.15 bits per heavy atom. The second kappa shape index (κ2) is 11.9. The molecule has 1 aromatic heterocycles. The lowest BCUT2D eigenvalue weighted by molar-refractivity contribution is 0.0953. The van der Waals surface area contributed by atoms with Gasteiger partial charge in [-0.3, -0.25) is 4.90 Å². The van der Waals surface area contributed by atoms with Crippen molar-refractivity contribution in [3.63, 3.8) is 0 Å². The van der Waals surface area contributed by atoms with Crippen molar-refractivity contribution in [3.05, 3.63) is 78.4 Å². The Balaban J connectivity index is 2.01. The van der Waals surface area contributed by atoms with Gasteiger partial charge in [0.15, 0.2) is 11.6 Å². The van der Waals surface area contributed by atoms with Crippen molar-refractivity contribution < 1.29 is 18.6 Å². The van der Waals surface area contributed by atoms with Crippen LogP contribution in [-0.2, 0) is 13.6 Å². The molecule has 34 heavy (non-hydrogen) atoms. The molecule has 0 fully saturated rings. The van der Waals surface area contributed by atoms with E-state index in [-0.39, 0.29) is 5.75 Å². The predicted octanol–water partition coefficient (Wildman–Crippen LogP) is 5.94. The van der Waals surface area contributed by atoms with Crippen LogP contribution in [0.4, 0.5) is 8.78 Å². The maximum Gasteiger partial charge on any atom is 0.222 e. The molecule has 0 aliphatic heterocycles. The van der Waals surface area contributed by atoms with Crippen molar-refractivity contribution in [2.75, 3.05) is 13.1 Å². The lowest BCUT2D eigenvalue weighted by Crippen LogP contribution is -2.35. The van der Waals surface area contributed by atoms with E-state index < -0.39 is 17.7 Å². The van der Waals surface area contributed by atoms with Crippen molar-refractivity contribution in [1.29, 1.82) is 0 Å². The van der Waals surface area contributed by atoms with E-state index in [1.54, 1.807) is 17.8 Å². The number of aryl methyl sites for hydroxylation is 1. The first kappa shape index (κ1) is 25.6. The third-order valence-corrected chi connectivity index (χ3v) is 5.41. The van der Waals surface area contributed by atoms with Crippen LogP contribution in [0.15, 0.2) is 61.2 Å². The van der Waals surface area contributed by atoms with Crippen molar-refractivity contribution in [3.8, 4) is 22.9 Å². The minimum atomic E-state index is -0.785. The molecule has 7 heteroatoms. The first-order chi connectivity index (χ1) is 16.3. The van der Waals surface area contributed by atoms with Crippen molar-refractivity contribution in [2.45, 2.75) is 39.3 Å². The largest absolute Gasteiger partial charge is 0.436 e. The van der Waals surface area contributed by atoms with E-state index in [2.05, 4.69) is 30.4 Å². The molecule has 0 saturated carbocycles. The Kier molecular flexibility index (Phi) is 8.96. The standard InChI is InChI=1S/C27H33F2N3O2/c1-5-6-12-22(33)17-32(16-19(2)3)18-23-26(20-10-8-7-9-11-20)30-31(4)27(23)34-25-14-13-21(28)15-24(25)29/h5,7-11,13-15,19,22,33H,1,6,12,16-18H2,2-4H3. The maximum atomic E-state index is 14.4. The molecule has 0 bridgehead atoms. The molecule has 3 rings (SSSR count). The first-order valence-electron chi connectivity index (χ1n) is 11.5. The van der Waals surface area contributed by atoms with Crippen LogP contribution in [0.3, 0.4) is 0 Å². The van der Waals surface area contributed by atoms with Crippen LogP contribution in [0, 0.1) is 17.6 Å². The summed E-state index contributed by atoms with van der Waals surface area (Å²) in [6.07, 6.45) is 2.65. The molecular formula is C27H33F2N3O2. The van der Waals surface area contributed by atoms with E-state index in [1.807, 2.05) is 30.3 Å². The summed E-state index contributed by atoms with van der Waals surface area (Å²) in [5, 5.41) is 15.3. The average Bonchev–Trinajstić information content (AvgIpc) is 3.09. The van der Waals surface area contributed by atoms with Gasteiger partial charge >= 0.3 is 0 Å². The van der Waals surface area contributed by atoms with Crippen molar-refractivity contribution >= 4 is 0 Å². The lowest BCUT2D eigenvalue weighted by atomic mass is 10.1. The summed E-state index contributed by atoms with van der Waals surface area (Å²) in [5.74, 6) is -0.795. The summed E-state index contributed by atoms with van der Waals surface area (Å²) >= 11 is 0. The second-order valence-corrected chi connectivity index (χ2v) is 8.91. The molecule has 1 atom stereocenters. The lowest BCUT2D eigenvalue weighted by Gasteiger charge is -2.27. The molecule has 1 N–H and O–H groups in total. The summed E-state index contributed by atoms with van der Waals surface area (Å²) in [7, 11) is 1.73.